The van der Waals surface area contributed by atoms with Crippen LogP contribution in [0.2, 0.25) is 0 Å². The van der Waals surface area contributed by atoms with Crippen molar-refractivity contribution in [3.05, 3.63) is 24.3 Å². The summed E-state index contributed by atoms with van der Waals surface area (Å²) in [6, 6.07) is 5.47. The normalized spacial score (nSPS) is 21.5. The van der Waals surface area contributed by atoms with E-state index in [1.807, 2.05) is 0 Å². The fraction of sp³-hybridized carbons (Fsp3) is 0.500. The first-order valence-corrected chi connectivity index (χ1v) is 9.38. The molecule has 1 N–H and O–H groups in total. The minimum absolute atomic E-state index is 0.00908. The predicted molar refractivity (Wildman–Crippen MR) is 86.7 cm³/mol. The summed E-state index contributed by atoms with van der Waals surface area (Å²) >= 11 is 0. The third-order valence-electron chi connectivity index (χ3n) is 4.36. The number of methoxy groups -OCH3 is 1. The van der Waals surface area contributed by atoms with Crippen molar-refractivity contribution in [2.24, 2.45) is 5.92 Å². The highest BCUT2D eigenvalue weighted by atomic mass is 32.2. The zero-order valence-electron chi connectivity index (χ0n) is 13.4. The molecule has 130 valence electrons. The van der Waals surface area contributed by atoms with E-state index in [0.29, 0.717) is 12.8 Å². The summed E-state index contributed by atoms with van der Waals surface area (Å²) in [6.07, 6.45) is 2.69. The van der Waals surface area contributed by atoms with Gasteiger partial charge >= 0.3 is 5.97 Å². The van der Waals surface area contributed by atoms with Crippen molar-refractivity contribution < 1.29 is 22.7 Å². The number of rotatable bonds is 5. The van der Waals surface area contributed by atoms with Gasteiger partial charge in [-0.1, -0.05) is 12.1 Å². The lowest BCUT2D eigenvalue weighted by Crippen LogP contribution is -2.41. The number of nitrogens with zero attached hydrogens (tertiary/aromatic N) is 1. The Hall–Kier alpha value is -1.93. The van der Waals surface area contributed by atoms with Gasteiger partial charge in [-0.3, -0.25) is 9.59 Å². The van der Waals surface area contributed by atoms with Gasteiger partial charge in [0.25, 0.3) is 0 Å². The number of esters is 1. The smallest absolute Gasteiger partial charge is 0.324 e. The maximum Gasteiger partial charge on any atom is 0.324 e. The van der Waals surface area contributed by atoms with Crippen molar-refractivity contribution in [3.63, 3.8) is 0 Å². The van der Waals surface area contributed by atoms with Crippen molar-refractivity contribution >= 4 is 27.6 Å². The SMILES string of the molecule is COC(=O)[C@@H]1CCCN1S(=O)(=O)c1ccccc1NC(=O)C1CC1. The number of carbonyl (C=O) groups is 2. The Bertz CT molecular complexity index is 757. The number of benzene rings is 1. The highest BCUT2D eigenvalue weighted by Crippen LogP contribution is 2.33. The number of sulfonamides is 1. The zero-order chi connectivity index (χ0) is 17.3. The van der Waals surface area contributed by atoms with E-state index in [2.05, 4.69) is 5.32 Å². The van der Waals surface area contributed by atoms with Gasteiger partial charge in [-0.05, 0) is 37.8 Å². The predicted octanol–water partition coefficient (Wildman–Crippen LogP) is 1.36. The molecule has 2 aliphatic rings. The highest BCUT2D eigenvalue weighted by Gasteiger charge is 2.41. The van der Waals surface area contributed by atoms with Crippen molar-refractivity contribution in [2.75, 3.05) is 19.0 Å². The van der Waals surface area contributed by atoms with Crippen molar-refractivity contribution in [1.29, 1.82) is 0 Å². The van der Waals surface area contributed by atoms with Crippen LogP contribution < -0.4 is 5.32 Å². The van der Waals surface area contributed by atoms with Gasteiger partial charge in [-0.25, -0.2) is 8.42 Å². The fourth-order valence-corrected chi connectivity index (χ4v) is 4.70. The Morgan fingerprint density at radius 2 is 1.92 bits per heavy atom. The van der Waals surface area contributed by atoms with Crippen LogP contribution >= 0.6 is 0 Å². The van der Waals surface area contributed by atoms with E-state index in [1.165, 1.54) is 17.5 Å². The van der Waals surface area contributed by atoms with Gasteiger partial charge in [0.1, 0.15) is 10.9 Å². The molecule has 24 heavy (non-hydrogen) atoms. The fourth-order valence-electron chi connectivity index (χ4n) is 2.90. The van der Waals surface area contributed by atoms with Crippen LogP contribution in [-0.2, 0) is 24.3 Å². The third-order valence-corrected chi connectivity index (χ3v) is 6.32. The van der Waals surface area contributed by atoms with Crippen LogP contribution in [0.1, 0.15) is 25.7 Å². The summed E-state index contributed by atoms with van der Waals surface area (Å²) in [5.74, 6) is -0.755. The lowest BCUT2D eigenvalue weighted by atomic mass is 10.2. The van der Waals surface area contributed by atoms with Gasteiger partial charge in [-0.2, -0.15) is 4.31 Å². The van der Waals surface area contributed by atoms with Gasteiger partial charge in [0.15, 0.2) is 0 Å². The minimum Gasteiger partial charge on any atom is -0.468 e. The number of amides is 1. The summed E-state index contributed by atoms with van der Waals surface area (Å²) in [6.45, 7) is 0.257. The Balaban J connectivity index is 1.92. The zero-order valence-corrected chi connectivity index (χ0v) is 14.2. The number of ether oxygens (including phenoxy) is 1. The third kappa shape index (κ3) is 3.16. The standard InChI is InChI=1S/C16H20N2O5S/c1-23-16(20)13-6-4-10-18(13)24(21,22)14-7-3-2-5-12(14)17-15(19)11-8-9-11/h2-3,5,7,11,13H,4,6,8-10H2,1H3,(H,17,19)/t13-/m0/s1. The lowest BCUT2D eigenvalue weighted by Gasteiger charge is -2.23. The van der Waals surface area contributed by atoms with Crippen LogP contribution in [-0.4, -0.2) is 44.3 Å². The van der Waals surface area contributed by atoms with Crippen LogP contribution in [0.25, 0.3) is 0 Å². The molecule has 1 saturated carbocycles. The molecule has 2 fully saturated rings. The molecule has 0 radical (unpaired) electrons. The maximum atomic E-state index is 13.0. The molecule has 0 spiro atoms. The number of hydrogen-bond donors (Lipinski definition) is 1. The molecular weight excluding hydrogens is 332 g/mol. The first-order chi connectivity index (χ1) is 11.4. The van der Waals surface area contributed by atoms with Gasteiger partial charge in [-0.15, -0.1) is 0 Å². The monoisotopic (exact) mass is 352 g/mol. The Kier molecular flexibility index (Phi) is 4.60. The molecule has 3 rings (SSSR count). The molecule has 1 heterocycles. The van der Waals surface area contributed by atoms with Gasteiger partial charge in [0.2, 0.25) is 15.9 Å². The van der Waals surface area contributed by atoms with Crippen molar-refractivity contribution in [2.45, 2.75) is 36.6 Å². The first-order valence-electron chi connectivity index (χ1n) is 7.94. The molecule has 8 heteroatoms. The molecule has 7 nitrogen and oxygen atoms in total. The van der Waals surface area contributed by atoms with E-state index >= 15 is 0 Å². The molecule has 1 atom stereocenters. The molecule has 1 amide bonds. The van der Waals surface area contributed by atoms with E-state index in [1.54, 1.807) is 18.2 Å². The summed E-state index contributed by atoms with van der Waals surface area (Å²) < 4.78 is 31.9. The van der Waals surface area contributed by atoms with Crippen LogP contribution in [0.5, 0.6) is 0 Å². The number of carbonyl (C=O) groups excluding carboxylic acids is 2. The number of anilines is 1. The van der Waals surface area contributed by atoms with E-state index in [4.69, 9.17) is 4.74 Å². The van der Waals surface area contributed by atoms with Gasteiger partial charge in [0, 0.05) is 12.5 Å². The van der Waals surface area contributed by atoms with Crippen LogP contribution in [0, 0.1) is 5.92 Å². The summed E-state index contributed by atoms with van der Waals surface area (Å²) in [5.41, 5.74) is 0.255. The molecule has 1 aromatic rings. The molecule has 0 unspecified atom stereocenters. The quantitative estimate of drug-likeness (QED) is 0.808. The Morgan fingerprint density at radius 3 is 2.58 bits per heavy atom. The molecule has 0 aromatic heterocycles. The maximum absolute atomic E-state index is 13.0. The van der Waals surface area contributed by atoms with E-state index in [-0.39, 0.29) is 29.0 Å². The number of para-hydroxylation sites is 1. The van der Waals surface area contributed by atoms with Crippen LogP contribution in [0.4, 0.5) is 5.69 Å². The Labute approximate surface area is 141 Å². The summed E-state index contributed by atoms with van der Waals surface area (Å²) in [5, 5.41) is 2.70. The van der Waals surface area contributed by atoms with Crippen LogP contribution in [0.3, 0.4) is 0 Å². The lowest BCUT2D eigenvalue weighted by molar-refractivity contribution is -0.144. The first kappa shape index (κ1) is 16.9. The summed E-state index contributed by atoms with van der Waals surface area (Å²) in [4.78, 5) is 23.9. The molecule has 1 aliphatic heterocycles. The second kappa shape index (κ2) is 6.52. The second-order valence-corrected chi connectivity index (χ2v) is 7.92. The average Bonchev–Trinajstić information content (AvgIpc) is 3.31. The molecule has 0 bridgehead atoms. The number of nitrogens with one attached hydrogen (secondary N) is 1. The van der Waals surface area contributed by atoms with Crippen LogP contribution in [0.15, 0.2) is 29.2 Å². The van der Waals surface area contributed by atoms with Gasteiger partial charge in [0.05, 0.1) is 12.8 Å². The molecular formula is C16H20N2O5S. The number of hydrogen-bond acceptors (Lipinski definition) is 5. The summed E-state index contributed by atoms with van der Waals surface area (Å²) in [7, 11) is -2.66. The van der Waals surface area contributed by atoms with Crippen molar-refractivity contribution in [1.82, 2.24) is 4.31 Å². The Morgan fingerprint density at radius 1 is 1.21 bits per heavy atom. The minimum atomic E-state index is -3.91. The van der Waals surface area contributed by atoms with E-state index < -0.39 is 22.0 Å². The van der Waals surface area contributed by atoms with Crippen molar-refractivity contribution in [3.8, 4) is 0 Å². The molecule has 1 saturated heterocycles. The molecule has 1 aliphatic carbocycles. The van der Waals surface area contributed by atoms with E-state index in [0.717, 1.165) is 12.8 Å². The largest absolute Gasteiger partial charge is 0.468 e. The van der Waals surface area contributed by atoms with E-state index in [9.17, 15) is 18.0 Å². The van der Waals surface area contributed by atoms with Gasteiger partial charge < -0.3 is 10.1 Å². The molecule has 1 aromatic carbocycles. The highest BCUT2D eigenvalue weighted by molar-refractivity contribution is 7.89. The topological polar surface area (TPSA) is 92.8 Å². The second-order valence-electron chi connectivity index (χ2n) is 6.06. The average molecular weight is 352 g/mol.